The molecule has 0 aliphatic rings. The Morgan fingerprint density at radius 1 is 0.679 bits per heavy atom. The zero-order chi connectivity index (χ0) is 19.3. The number of nitrogens with zero attached hydrogens (tertiary/aromatic N) is 3. The zero-order valence-corrected chi connectivity index (χ0v) is 16.6. The Bertz CT molecular complexity index is 1040. The van der Waals surface area contributed by atoms with Crippen LogP contribution in [0.4, 0.5) is 0 Å². The monoisotopic (exact) mass is 387 g/mol. The number of hydrogen-bond acceptors (Lipinski definition) is 2. The van der Waals surface area contributed by atoms with Crippen LogP contribution in [0.2, 0.25) is 5.02 Å². The van der Waals surface area contributed by atoms with Crippen LogP contribution in [0.1, 0.15) is 19.8 Å². The summed E-state index contributed by atoms with van der Waals surface area (Å²) in [4.78, 5) is 0. The van der Waals surface area contributed by atoms with E-state index in [1.807, 2.05) is 30.3 Å². The normalized spacial score (nSPS) is 10.9. The minimum absolute atomic E-state index is 0.722. The molecule has 0 N–H and O–H groups in total. The predicted molar refractivity (Wildman–Crippen MR) is 116 cm³/mol. The number of halogens is 1. The van der Waals surface area contributed by atoms with Gasteiger partial charge in [-0.3, -0.25) is 0 Å². The van der Waals surface area contributed by atoms with Gasteiger partial charge in [-0.25, -0.2) is 0 Å². The van der Waals surface area contributed by atoms with Gasteiger partial charge in [-0.1, -0.05) is 79.5 Å². The average Bonchev–Trinajstić information content (AvgIpc) is 3.17. The molecule has 0 aliphatic heterocycles. The molecule has 4 aromatic rings. The molecule has 0 saturated carbocycles. The van der Waals surface area contributed by atoms with Crippen molar-refractivity contribution in [2.24, 2.45) is 0 Å². The van der Waals surface area contributed by atoms with Crippen molar-refractivity contribution in [1.82, 2.24) is 14.8 Å². The molecule has 1 heterocycles. The van der Waals surface area contributed by atoms with E-state index in [2.05, 4.69) is 70.2 Å². The smallest absolute Gasteiger partial charge is 0.164 e. The first-order valence-electron chi connectivity index (χ1n) is 9.61. The van der Waals surface area contributed by atoms with Crippen molar-refractivity contribution >= 4 is 11.6 Å². The van der Waals surface area contributed by atoms with E-state index >= 15 is 0 Å². The summed E-state index contributed by atoms with van der Waals surface area (Å²) in [6.45, 7) is 3.08. The SMILES string of the molecule is CCCCn1c(-c2ccc(Cl)cc2)nnc1-c1ccc(-c2ccccc2)cc1. The molecule has 3 aromatic carbocycles. The number of aromatic nitrogens is 3. The van der Waals surface area contributed by atoms with Gasteiger partial charge in [-0.15, -0.1) is 10.2 Å². The van der Waals surface area contributed by atoms with E-state index in [0.717, 1.165) is 47.2 Å². The fourth-order valence-corrected chi connectivity index (χ4v) is 3.43. The van der Waals surface area contributed by atoms with Gasteiger partial charge in [0.05, 0.1) is 0 Å². The van der Waals surface area contributed by atoms with E-state index in [1.54, 1.807) is 0 Å². The summed E-state index contributed by atoms with van der Waals surface area (Å²) in [5.41, 5.74) is 4.51. The van der Waals surface area contributed by atoms with Gasteiger partial charge >= 0.3 is 0 Å². The molecule has 0 unspecified atom stereocenters. The molecule has 0 atom stereocenters. The quantitative estimate of drug-likeness (QED) is 0.367. The van der Waals surface area contributed by atoms with Crippen molar-refractivity contribution in [1.29, 1.82) is 0 Å². The molecule has 0 fully saturated rings. The van der Waals surface area contributed by atoms with Crippen molar-refractivity contribution < 1.29 is 0 Å². The van der Waals surface area contributed by atoms with E-state index in [0.29, 0.717) is 0 Å². The zero-order valence-electron chi connectivity index (χ0n) is 15.8. The van der Waals surface area contributed by atoms with E-state index in [9.17, 15) is 0 Å². The number of benzene rings is 3. The molecule has 140 valence electrons. The molecule has 1 aromatic heterocycles. The number of hydrogen-bond donors (Lipinski definition) is 0. The predicted octanol–water partition coefficient (Wildman–Crippen LogP) is 6.73. The Morgan fingerprint density at radius 3 is 1.75 bits per heavy atom. The van der Waals surface area contributed by atoms with Crippen LogP contribution in [0.15, 0.2) is 78.9 Å². The molecule has 0 saturated heterocycles. The minimum atomic E-state index is 0.722. The topological polar surface area (TPSA) is 30.7 Å². The third kappa shape index (κ3) is 3.85. The maximum Gasteiger partial charge on any atom is 0.164 e. The Labute approximate surface area is 170 Å². The van der Waals surface area contributed by atoms with Gasteiger partial charge < -0.3 is 4.57 Å². The summed E-state index contributed by atoms with van der Waals surface area (Å²) in [7, 11) is 0. The molecule has 0 spiro atoms. The van der Waals surface area contributed by atoms with Crippen LogP contribution in [0, 0.1) is 0 Å². The van der Waals surface area contributed by atoms with Gasteiger partial charge in [-0.05, 0) is 41.8 Å². The molecule has 4 rings (SSSR count). The summed E-state index contributed by atoms with van der Waals surface area (Å²) >= 11 is 6.05. The summed E-state index contributed by atoms with van der Waals surface area (Å²) < 4.78 is 2.21. The van der Waals surface area contributed by atoms with Crippen LogP contribution in [-0.4, -0.2) is 14.8 Å². The maximum absolute atomic E-state index is 6.05. The fourth-order valence-electron chi connectivity index (χ4n) is 3.30. The highest BCUT2D eigenvalue weighted by molar-refractivity contribution is 6.30. The second-order valence-corrected chi connectivity index (χ2v) is 7.24. The molecule has 4 heteroatoms. The number of rotatable bonds is 6. The van der Waals surface area contributed by atoms with E-state index in [4.69, 9.17) is 11.6 Å². The Balaban J connectivity index is 1.71. The van der Waals surface area contributed by atoms with E-state index < -0.39 is 0 Å². The highest BCUT2D eigenvalue weighted by Gasteiger charge is 2.15. The lowest BCUT2D eigenvalue weighted by Gasteiger charge is -2.11. The Hall–Kier alpha value is -2.91. The van der Waals surface area contributed by atoms with Gasteiger partial charge in [0.1, 0.15) is 0 Å². The average molecular weight is 388 g/mol. The summed E-state index contributed by atoms with van der Waals surface area (Å²) in [6.07, 6.45) is 2.19. The van der Waals surface area contributed by atoms with Gasteiger partial charge in [-0.2, -0.15) is 0 Å². The lowest BCUT2D eigenvalue weighted by Crippen LogP contribution is -2.03. The Morgan fingerprint density at radius 2 is 1.18 bits per heavy atom. The van der Waals surface area contributed by atoms with Crippen molar-refractivity contribution in [2.75, 3.05) is 0 Å². The van der Waals surface area contributed by atoms with Crippen LogP contribution in [0.5, 0.6) is 0 Å². The van der Waals surface area contributed by atoms with Gasteiger partial charge in [0.25, 0.3) is 0 Å². The van der Waals surface area contributed by atoms with Crippen LogP contribution in [0.25, 0.3) is 33.9 Å². The molecule has 0 radical (unpaired) electrons. The van der Waals surface area contributed by atoms with Crippen molar-refractivity contribution in [2.45, 2.75) is 26.3 Å². The largest absolute Gasteiger partial charge is 0.307 e. The first-order chi connectivity index (χ1) is 13.8. The van der Waals surface area contributed by atoms with Crippen molar-refractivity contribution in [3.8, 4) is 33.9 Å². The molecule has 0 aliphatic carbocycles. The standard InChI is InChI=1S/C24H22ClN3/c1-2-3-17-28-23(26-27-24(28)21-13-15-22(25)16-14-21)20-11-9-19(10-12-20)18-7-5-4-6-8-18/h4-16H,2-3,17H2,1H3. The van der Waals surface area contributed by atoms with Crippen molar-refractivity contribution in [3.05, 3.63) is 83.9 Å². The highest BCUT2D eigenvalue weighted by atomic mass is 35.5. The van der Waals surface area contributed by atoms with Gasteiger partial charge in [0.15, 0.2) is 11.6 Å². The second-order valence-electron chi connectivity index (χ2n) is 6.80. The van der Waals surface area contributed by atoms with E-state index in [-0.39, 0.29) is 0 Å². The Kier molecular flexibility index (Phi) is 5.54. The molecule has 0 bridgehead atoms. The third-order valence-electron chi connectivity index (χ3n) is 4.84. The summed E-state index contributed by atoms with van der Waals surface area (Å²) in [5.74, 6) is 1.78. The molecule has 0 amide bonds. The fraction of sp³-hybridized carbons (Fsp3) is 0.167. The number of unbranched alkanes of at least 4 members (excludes halogenated alkanes) is 1. The van der Waals surface area contributed by atoms with Gasteiger partial charge in [0.2, 0.25) is 0 Å². The van der Waals surface area contributed by atoms with Gasteiger partial charge in [0, 0.05) is 22.7 Å². The van der Waals surface area contributed by atoms with Crippen LogP contribution in [-0.2, 0) is 6.54 Å². The molecular formula is C24H22ClN3. The van der Waals surface area contributed by atoms with Crippen LogP contribution >= 0.6 is 11.6 Å². The minimum Gasteiger partial charge on any atom is -0.307 e. The molecule has 3 nitrogen and oxygen atoms in total. The summed E-state index contributed by atoms with van der Waals surface area (Å²) in [5, 5.41) is 9.74. The molecule has 28 heavy (non-hydrogen) atoms. The van der Waals surface area contributed by atoms with E-state index in [1.165, 1.54) is 11.1 Å². The highest BCUT2D eigenvalue weighted by Crippen LogP contribution is 2.28. The maximum atomic E-state index is 6.05. The van der Waals surface area contributed by atoms with Crippen LogP contribution in [0.3, 0.4) is 0 Å². The first kappa shape index (κ1) is 18.5. The lowest BCUT2D eigenvalue weighted by atomic mass is 10.0. The van der Waals surface area contributed by atoms with Crippen LogP contribution < -0.4 is 0 Å². The first-order valence-corrected chi connectivity index (χ1v) is 9.99. The summed E-state index contributed by atoms with van der Waals surface area (Å²) in [6, 6.07) is 26.7. The molecular weight excluding hydrogens is 366 g/mol. The third-order valence-corrected chi connectivity index (χ3v) is 5.09. The van der Waals surface area contributed by atoms with Crippen molar-refractivity contribution in [3.63, 3.8) is 0 Å². The lowest BCUT2D eigenvalue weighted by molar-refractivity contribution is 0.640. The second kappa shape index (κ2) is 8.41.